The minimum atomic E-state index is -0.377. The highest BCUT2D eigenvalue weighted by molar-refractivity contribution is 6.02. The van der Waals surface area contributed by atoms with Gasteiger partial charge in [0.05, 0.1) is 11.6 Å². The maximum Gasteiger partial charge on any atom is 0.127 e. The molecule has 3 N–H and O–H groups in total. The Balaban J connectivity index is 1.05. The van der Waals surface area contributed by atoms with E-state index in [1.807, 2.05) is 36.4 Å². The van der Waals surface area contributed by atoms with Gasteiger partial charge in [0, 0.05) is 5.71 Å². The van der Waals surface area contributed by atoms with Crippen molar-refractivity contribution in [1.29, 1.82) is 0 Å². The van der Waals surface area contributed by atoms with Crippen LogP contribution in [0.2, 0.25) is 0 Å². The molecule has 2 atom stereocenters. The molecule has 0 amide bonds. The molecule has 0 saturated heterocycles. The van der Waals surface area contributed by atoms with Crippen LogP contribution < -0.4 is 11.1 Å². The highest BCUT2D eigenvalue weighted by atomic mass is 15.1. The SMILES string of the molecule is C=CC1=C(c2cccc(C(C)=NC(NC(N)c3ccccc3)c3ccccc3)c2C)C=C(c2ccc3c(c2)C2(c4ccccc4-c4ccccc42)c2ccccc2-3)CC1. The van der Waals surface area contributed by atoms with Crippen molar-refractivity contribution in [2.24, 2.45) is 10.7 Å². The molecule has 0 fully saturated rings. The highest BCUT2D eigenvalue weighted by Gasteiger charge is 2.51. The van der Waals surface area contributed by atoms with Gasteiger partial charge in [-0.2, -0.15) is 0 Å². The van der Waals surface area contributed by atoms with Gasteiger partial charge >= 0.3 is 0 Å². The van der Waals surface area contributed by atoms with E-state index in [1.165, 1.54) is 77.9 Å². The largest absolute Gasteiger partial charge is 0.312 e. The minimum Gasteiger partial charge on any atom is -0.312 e. The lowest BCUT2D eigenvalue weighted by Gasteiger charge is -2.31. The molecular formula is C56H47N3. The predicted octanol–water partition coefficient (Wildman–Crippen LogP) is 12.9. The van der Waals surface area contributed by atoms with Crippen LogP contribution in [0.25, 0.3) is 33.4 Å². The summed E-state index contributed by atoms with van der Waals surface area (Å²) in [5.41, 5.74) is 28.8. The number of nitrogens with one attached hydrogen (secondary N) is 1. The van der Waals surface area contributed by atoms with E-state index in [4.69, 9.17) is 10.7 Å². The number of hydrogen-bond acceptors (Lipinski definition) is 3. The Kier molecular flexibility index (Phi) is 9.29. The molecule has 3 aliphatic rings. The maximum absolute atomic E-state index is 6.72. The van der Waals surface area contributed by atoms with Gasteiger partial charge in [-0.25, -0.2) is 0 Å². The molecule has 1 spiro atoms. The molecular weight excluding hydrogens is 715 g/mol. The first-order valence-corrected chi connectivity index (χ1v) is 20.7. The lowest BCUT2D eigenvalue weighted by molar-refractivity contribution is 0.466. The summed E-state index contributed by atoms with van der Waals surface area (Å²) >= 11 is 0. The lowest BCUT2D eigenvalue weighted by atomic mass is 9.70. The summed E-state index contributed by atoms with van der Waals surface area (Å²) in [6.07, 6.45) is 5.65. The second-order valence-corrected chi connectivity index (χ2v) is 16.0. The first-order chi connectivity index (χ1) is 29.0. The summed E-state index contributed by atoms with van der Waals surface area (Å²) in [6, 6.07) is 61.4. The van der Waals surface area contributed by atoms with Gasteiger partial charge in [-0.1, -0.05) is 183 Å². The standard InChI is InChI=1S/C56H47N3/c1-4-38-30-31-41(42-32-33-48-47-24-13-16-29-52(47)56(53(48)35-42)50-27-14-11-22-45(50)46-23-12-15-28-51(46)56)34-49(38)44-26-17-25-43(36(44)2)37(3)58-55(40-20-9-6-10-21-40)59-54(57)39-18-7-5-8-19-39/h4-29,32-35,54-55,59H,1,30-31,57H2,2-3H3. The number of allylic oxidation sites excluding steroid dienone is 5. The van der Waals surface area contributed by atoms with Gasteiger partial charge in [0.15, 0.2) is 0 Å². The normalized spacial score (nSPS) is 15.8. The van der Waals surface area contributed by atoms with Crippen LogP contribution in [0.1, 0.15) is 87.7 Å². The number of aliphatic imine (C=N–C) groups is 1. The van der Waals surface area contributed by atoms with E-state index in [9.17, 15) is 0 Å². The quantitative estimate of drug-likeness (QED) is 0.114. The summed E-state index contributed by atoms with van der Waals surface area (Å²) < 4.78 is 0. The predicted molar refractivity (Wildman–Crippen MR) is 246 cm³/mol. The Hall–Kier alpha value is -6.65. The maximum atomic E-state index is 6.72. The van der Waals surface area contributed by atoms with Gasteiger partial charge < -0.3 is 5.73 Å². The first kappa shape index (κ1) is 36.7. The van der Waals surface area contributed by atoms with Crippen molar-refractivity contribution in [2.75, 3.05) is 0 Å². The van der Waals surface area contributed by atoms with Crippen LogP contribution in [-0.2, 0) is 5.41 Å². The summed E-state index contributed by atoms with van der Waals surface area (Å²) in [7, 11) is 0. The molecule has 3 nitrogen and oxygen atoms in total. The second kappa shape index (κ2) is 14.9. The monoisotopic (exact) mass is 761 g/mol. The van der Waals surface area contributed by atoms with Crippen LogP contribution >= 0.6 is 0 Å². The van der Waals surface area contributed by atoms with Crippen LogP contribution in [0.3, 0.4) is 0 Å². The Morgan fingerprint density at radius 2 is 1.17 bits per heavy atom. The van der Waals surface area contributed by atoms with Crippen LogP contribution in [0.5, 0.6) is 0 Å². The fourth-order valence-electron chi connectivity index (χ4n) is 10.1. The lowest BCUT2D eigenvalue weighted by Crippen LogP contribution is -2.32. The zero-order valence-electron chi connectivity index (χ0n) is 33.6. The van der Waals surface area contributed by atoms with E-state index < -0.39 is 0 Å². The third kappa shape index (κ3) is 6.00. The fourth-order valence-corrected chi connectivity index (χ4v) is 10.1. The number of nitrogens with zero attached hydrogens (tertiary/aromatic N) is 1. The summed E-state index contributed by atoms with van der Waals surface area (Å²) in [5, 5.41) is 3.60. The van der Waals surface area contributed by atoms with Crippen LogP contribution in [0, 0.1) is 6.92 Å². The van der Waals surface area contributed by atoms with Gasteiger partial charge in [0.2, 0.25) is 0 Å². The Morgan fingerprint density at radius 3 is 1.78 bits per heavy atom. The van der Waals surface area contributed by atoms with E-state index in [1.54, 1.807) is 0 Å². The van der Waals surface area contributed by atoms with Crippen LogP contribution in [-0.4, -0.2) is 5.71 Å². The van der Waals surface area contributed by atoms with Gasteiger partial charge in [-0.3, -0.25) is 10.3 Å². The average Bonchev–Trinajstić information content (AvgIpc) is 3.76. The van der Waals surface area contributed by atoms with Crippen molar-refractivity contribution in [2.45, 2.75) is 44.4 Å². The Labute approximate surface area is 348 Å². The number of benzene rings is 7. The summed E-state index contributed by atoms with van der Waals surface area (Å²) in [4.78, 5) is 5.32. The van der Waals surface area contributed by atoms with Crippen molar-refractivity contribution in [3.8, 4) is 22.3 Å². The van der Waals surface area contributed by atoms with Gasteiger partial charge in [-0.15, -0.1) is 0 Å². The van der Waals surface area contributed by atoms with Gasteiger partial charge in [-0.05, 0) is 127 Å². The first-order valence-electron chi connectivity index (χ1n) is 20.7. The number of rotatable bonds is 9. The summed E-state index contributed by atoms with van der Waals surface area (Å²) in [5.74, 6) is 0. The average molecular weight is 762 g/mol. The van der Waals surface area contributed by atoms with Crippen LogP contribution in [0.15, 0.2) is 199 Å². The molecule has 3 heteroatoms. The molecule has 59 heavy (non-hydrogen) atoms. The Morgan fingerprint density at radius 1 is 0.627 bits per heavy atom. The van der Waals surface area contributed by atoms with Crippen molar-refractivity contribution in [3.63, 3.8) is 0 Å². The molecule has 0 radical (unpaired) electrons. The molecule has 286 valence electrons. The van der Waals surface area contributed by atoms with Crippen molar-refractivity contribution < 1.29 is 0 Å². The van der Waals surface area contributed by atoms with Crippen molar-refractivity contribution in [1.82, 2.24) is 5.32 Å². The molecule has 0 heterocycles. The third-order valence-corrected chi connectivity index (χ3v) is 12.9. The Bertz CT molecular complexity index is 2800. The van der Waals surface area contributed by atoms with E-state index in [0.29, 0.717) is 0 Å². The molecule has 10 rings (SSSR count). The molecule has 7 aromatic rings. The fraction of sp³-hybridized carbons (Fsp3) is 0.125. The van der Waals surface area contributed by atoms with Gasteiger partial charge in [0.25, 0.3) is 0 Å². The topological polar surface area (TPSA) is 50.4 Å². The van der Waals surface area contributed by atoms with E-state index >= 15 is 0 Å². The molecule has 7 aromatic carbocycles. The zero-order valence-corrected chi connectivity index (χ0v) is 33.6. The van der Waals surface area contributed by atoms with E-state index in [0.717, 1.165) is 35.2 Å². The van der Waals surface area contributed by atoms with Crippen molar-refractivity contribution in [3.05, 3.63) is 250 Å². The van der Waals surface area contributed by atoms with Crippen molar-refractivity contribution >= 4 is 16.9 Å². The van der Waals surface area contributed by atoms with E-state index in [2.05, 4.69) is 171 Å². The molecule has 0 bridgehead atoms. The molecule has 0 aliphatic heterocycles. The molecule has 3 aliphatic carbocycles. The van der Waals surface area contributed by atoms with E-state index in [-0.39, 0.29) is 17.7 Å². The molecule has 0 aromatic heterocycles. The van der Waals surface area contributed by atoms with Gasteiger partial charge in [0.1, 0.15) is 6.17 Å². The number of fused-ring (bicyclic) bond motifs is 10. The molecule has 2 unspecified atom stereocenters. The third-order valence-electron chi connectivity index (χ3n) is 12.9. The highest BCUT2D eigenvalue weighted by Crippen LogP contribution is 2.63. The molecule has 0 saturated carbocycles. The van der Waals surface area contributed by atoms with Crippen LogP contribution in [0.4, 0.5) is 0 Å². The minimum absolute atomic E-state index is 0.327. The summed E-state index contributed by atoms with van der Waals surface area (Å²) in [6.45, 7) is 8.64. The number of hydrogen-bond donors (Lipinski definition) is 2. The zero-order chi connectivity index (χ0) is 40.1. The smallest absolute Gasteiger partial charge is 0.127 e. The number of nitrogens with two attached hydrogens (primary N) is 1. The second-order valence-electron chi connectivity index (χ2n) is 16.0.